The van der Waals surface area contributed by atoms with Gasteiger partial charge in [0.1, 0.15) is 0 Å². The summed E-state index contributed by atoms with van der Waals surface area (Å²) in [5.41, 5.74) is -0.796. The van der Waals surface area contributed by atoms with Crippen LogP contribution in [0.3, 0.4) is 0 Å². The number of hydrogen-bond acceptors (Lipinski definition) is 3. The number of alkyl halides is 3. The number of thioether (sulfide) groups is 1. The van der Waals surface area contributed by atoms with E-state index in [1.54, 1.807) is 0 Å². The van der Waals surface area contributed by atoms with Gasteiger partial charge in [0.2, 0.25) is 5.91 Å². The smallest absolute Gasteiger partial charge is 0.416 e. The first-order chi connectivity index (χ1) is 8.77. The van der Waals surface area contributed by atoms with Crippen molar-refractivity contribution in [2.75, 3.05) is 5.32 Å². The summed E-state index contributed by atoms with van der Waals surface area (Å²) >= 11 is 0.953. The van der Waals surface area contributed by atoms with Crippen molar-refractivity contribution in [1.29, 1.82) is 0 Å². The van der Waals surface area contributed by atoms with Gasteiger partial charge in [0.25, 0.3) is 0 Å². The fraction of sp³-hybridized carbons (Fsp3) is 0.273. The molecule has 0 radical (unpaired) electrons. The molecule has 19 heavy (non-hydrogen) atoms. The fourth-order valence-corrected chi connectivity index (χ4v) is 2.70. The minimum atomic E-state index is -4.48. The lowest BCUT2D eigenvalue weighted by Gasteiger charge is -2.23. The number of carbonyl (C=O) groups is 2. The molecule has 2 N–H and O–H groups in total. The number of halogens is 3. The summed E-state index contributed by atoms with van der Waals surface area (Å²) in [7, 11) is 0. The SMILES string of the molecule is O=C(O)CC1Sc2ccc(C(F)(F)F)cc2NC1=O. The molecule has 0 fully saturated rings. The predicted molar refractivity (Wildman–Crippen MR) is 62.0 cm³/mol. The van der Waals surface area contributed by atoms with Crippen molar-refractivity contribution in [2.45, 2.75) is 22.7 Å². The summed E-state index contributed by atoms with van der Waals surface area (Å²) in [5.74, 6) is -1.73. The first-order valence-electron chi connectivity index (χ1n) is 5.18. The highest BCUT2D eigenvalue weighted by atomic mass is 32.2. The van der Waals surface area contributed by atoms with Gasteiger partial charge in [0, 0.05) is 4.90 Å². The molecule has 4 nitrogen and oxygen atoms in total. The van der Waals surface area contributed by atoms with Crippen LogP contribution in [-0.4, -0.2) is 22.2 Å². The number of carbonyl (C=O) groups excluding carboxylic acids is 1. The molecule has 1 aromatic carbocycles. The molecule has 0 aromatic heterocycles. The molecule has 8 heteroatoms. The Hall–Kier alpha value is -1.70. The van der Waals surface area contributed by atoms with E-state index in [4.69, 9.17) is 5.11 Å². The predicted octanol–water partition coefficient (Wildman–Crippen LogP) is 2.59. The Bertz CT molecular complexity index is 544. The van der Waals surface area contributed by atoms with Gasteiger partial charge in [-0.3, -0.25) is 9.59 Å². The Balaban J connectivity index is 2.28. The van der Waals surface area contributed by atoms with Gasteiger partial charge in [0.05, 0.1) is 22.9 Å². The van der Waals surface area contributed by atoms with Gasteiger partial charge in [-0.1, -0.05) is 0 Å². The van der Waals surface area contributed by atoms with Crippen LogP contribution in [0.25, 0.3) is 0 Å². The minimum Gasteiger partial charge on any atom is -0.481 e. The molecule has 1 aliphatic rings. The van der Waals surface area contributed by atoms with E-state index in [1.807, 2.05) is 0 Å². The lowest BCUT2D eigenvalue weighted by atomic mass is 10.1. The molecule has 1 aliphatic heterocycles. The summed E-state index contributed by atoms with van der Waals surface area (Å²) in [6, 6.07) is 2.98. The lowest BCUT2D eigenvalue weighted by molar-refractivity contribution is -0.138. The van der Waals surface area contributed by atoms with Crippen LogP contribution < -0.4 is 5.32 Å². The van der Waals surface area contributed by atoms with Crippen LogP contribution in [0.1, 0.15) is 12.0 Å². The number of fused-ring (bicyclic) bond motifs is 1. The number of anilines is 1. The Morgan fingerprint density at radius 3 is 2.68 bits per heavy atom. The second kappa shape index (κ2) is 4.76. The van der Waals surface area contributed by atoms with E-state index in [-0.39, 0.29) is 12.1 Å². The number of aliphatic carboxylic acids is 1. The average Bonchev–Trinajstić information content (AvgIpc) is 2.27. The minimum absolute atomic E-state index is 0.0615. The summed E-state index contributed by atoms with van der Waals surface area (Å²) in [5, 5.41) is 10.1. The van der Waals surface area contributed by atoms with E-state index in [0.29, 0.717) is 4.90 Å². The van der Waals surface area contributed by atoms with Crippen LogP contribution in [0.5, 0.6) is 0 Å². The molecule has 2 rings (SSSR count). The standard InChI is InChI=1S/C11H8F3NO3S/c12-11(13,14)5-1-2-7-6(3-5)15-10(18)8(19-7)4-9(16)17/h1-3,8H,4H2,(H,15,18)(H,16,17). The third kappa shape index (κ3) is 3.01. The summed E-state index contributed by atoms with van der Waals surface area (Å²) in [4.78, 5) is 22.6. The van der Waals surface area contributed by atoms with Gasteiger partial charge in [-0.2, -0.15) is 13.2 Å². The Morgan fingerprint density at radius 1 is 1.42 bits per heavy atom. The third-order valence-corrected chi connectivity index (χ3v) is 3.76. The van der Waals surface area contributed by atoms with Crippen LogP contribution in [0.4, 0.5) is 18.9 Å². The monoisotopic (exact) mass is 291 g/mol. The van der Waals surface area contributed by atoms with Gasteiger partial charge in [0.15, 0.2) is 0 Å². The molecule has 1 unspecified atom stereocenters. The van der Waals surface area contributed by atoms with Crippen molar-refractivity contribution < 1.29 is 27.9 Å². The van der Waals surface area contributed by atoms with E-state index >= 15 is 0 Å². The van der Waals surface area contributed by atoms with E-state index in [1.165, 1.54) is 6.07 Å². The first-order valence-corrected chi connectivity index (χ1v) is 6.06. The van der Waals surface area contributed by atoms with Crippen molar-refractivity contribution in [3.8, 4) is 0 Å². The van der Waals surface area contributed by atoms with Crippen LogP contribution in [-0.2, 0) is 15.8 Å². The Labute approximate surface area is 110 Å². The first kappa shape index (κ1) is 13.7. The second-order valence-electron chi connectivity index (χ2n) is 3.90. The summed E-state index contributed by atoms with van der Waals surface area (Å²) in [6.07, 6.45) is -4.86. The van der Waals surface area contributed by atoms with Crippen molar-refractivity contribution in [1.82, 2.24) is 0 Å². The highest BCUT2D eigenvalue weighted by Gasteiger charge is 2.34. The zero-order valence-electron chi connectivity index (χ0n) is 9.32. The normalized spacial score (nSPS) is 18.7. The maximum absolute atomic E-state index is 12.5. The number of benzene rings is 1. The number of rotatable bonds is 2. The topological polar surface area (TPSA) is 66.4 Å². The number of carboxylic acid groups (broad SMARTS) is 1. The molecule has 0 saturated heterocycles. The average molecular weight is 291 g/mol. The zero-order chi connectivity index (χ0) is 14.2. The third-order valence-electron chi connectivity index (χ3n) is 2.49. The number of hydrogen-bond donors (Lipinski definition) is 2. The van der Waals surface area contributed by atoms with Gasteiger partial charge >= 0.3 is 12.1 Å². The fourth-order valence-electron chi connectivity index (χ4n) is 1.62. The largest absolute Gasteiger partial charge is 0.481 e. The van der Waals surface area contributed by atoms with Crippen LogP contribution in [0.15, 0.2) is 23.1 Å². The molecule has 1 aromatic rings. The molecule has 0 spiro atoms. The number of carboxylic acids is 1. The molecule has 1 heterocycles. The van der Waals surface area contributed by atoms with Crippen LogP contribution in [0, 0.1) is 0 Å². The molecule has 0 saturated carbocycles. The maximum atomic E-state index is 12.5. The zero-order valence-corrected chi connectivity index (χ0v) is 10.1. The van der Waals surface area contributed by atoms with E-state index in [0.717, 1.165) is 23.9 Å². The molecule has 1 atom stereocenters. The Kier molecular flexibility index (Phi) is 3.44. The van der Waals surface area contributed by atoms with Crippen molar-refractivity contribution in [3.63, 3.8) is 0 Å². The molecule has 1 amide bonds. The highest BCUT2D eigenvalue weighted by Crippen LogP contribution is 2.40. The van der Waals surface area contributed by atoms with Gasteiger partial charge in [-0.15, -0.1) is 11.8 Å². The maximum Gasteiger partial charge on any atom is 0.416 e. The molecule has 102 valence electrons. The van der Waals surface area contributed by atoms with Crippen molar-refractivity contribution in [3.05, 3.63) is 23.8 Å². The second-order valence-corrected chi connectivity index (χ2v) is 5.15. The molecule has 0 aliphatic carbocycles. The molecule has 0 bridgehead atoms. The summed E-state index contributed by atoms with van der Waals surface area (Å²) < 4.78 is 37.5. The quantitative estimate of drug-likeness (QED) is 0.879. The van der Waals surface area contributed by atoms with Gasteiger partial charge in [-0.25, -0.2) is 0 Å². The molecular formula is C11H8F3NO3S. The summed E-state index contributed by atoms with van der Waals surface area (Å²) in [6.45, 7) is 0. The van der Waals surface area contributed by atoms with E-state index in [2.05, 4.69) is 5.32 Å². The molecular weight excluding hydrogens is 283 g/mol. The van der Waals surface area contributed by atoms with Gasteiger partial charge in [-0.05, 0) is 18.2 Å². The van der Waals surface area contributed by atoms with Crippen LogP contribution in [0.2, 0.25) is 0 Å². The van der Waals surface area contributed by atoms with E-state index < -0.39 is 28.9 Å². The van der Waals surface area contributed by atoms with Crippen LogP contribution >= 0.6 is 11.8 Å². The van der Waals surface area contributed by atoms with Gasteiger partial charge < -0.3 is 10.4 Å². The van der Waals surface area contributed by atoms with Crippen molar-refractivity contribution in [2.24, 2.45) is 0 Å². The van der Waals surface area contributed by atoms with Crippen molar-refractivity contribution >= 4 is 29.3 Å². The number of nitrogens with one attached hydrogen (secondary N) is 1. The Morgan fingerprint density at radius 2 is 2.11 bits per heavy atom. The van der Waals surface area contributed by atoms with E-state index in [9.17, 15) is 22.8 Å². The lowest BCUT2D eigenvalue weighted by Crippen LogP contribution is -2.31. The highest BCUT2D eigenvalue weighted by molar-refractivity contribution is 8.01. The number of amides is 1.